The Balaban J connectivity index is 1.92. The molecule has 0 aromatic heterocycles. The summed E-state index contributed by atoms with van der Waals surface area (Å²) in [4.78, 5) is 6.20. The zero-order valence-corrected chi connectivity index (χ0v) is 20.5. The number of rotatable bonds is 5. The molecule has 3 atom stereocenters. The van der Waals surface area contributed by atoms with Gasteiger partial charge in [0, 0.05) is 13.0 Å². The molecule has 2 aliphatic rings. The monoisotopic (exact) mass is 421 g/mol. The smallest absolute Gasteiger partial charge is 0.192 e. The molecule has 2 fully saturated rings. The van der Waals surface area contributed by atoms with Gasteiger partial charge in [-0.15, -0.1) is 0 Å². The van der Waals surface area contributed by atoms with Gasteiger partial charge in [0.05, 0.1) is 24.9 Å². The molecule has 0 aliphatic carbocycles. The van der Waals surface area contributed by atoms with Crippen molar-refractivity contribution in [3.05, 3.63) is 35.9 Å². The van der Waals surface area contributed by atoms with Gasteiger partial charge >= 0.3 is 0 Å². The Morgan fingerprint density at radius 2 is 1.79 bits per heavy atom. The second-order valence-electron chi connectivity index (χ2n) is 10.6. The van der Waals surface area contributed by atoms with Gasteiger partial charge in [0.2, 0.25) is 0 Å². The predicted octanol–water partition coefficient (Wildman–Crippen LogP) is 5.12. The lowest BCUT2D eigenvalue weighted by Crippen LogP contribution is -2.65. The number of hydrogen-bond donors (Lipinski definition) is 0. The minimum absolute atomic E-state index is 0.0487. The molecule has 3 rings (SSSR count). The van der Waals surface area contributed by atoms with Crippen LogP contribution in [0.2, 0.25) is 18.1 Å². The van der Waals surface area contributed by atoms with E-state index < -0.39 is 14.1 Å². The standard InChI is InChI=1S/C23H39NO4Si/c1-21(2,3)29(7,8)28-23(6)14-15-26-24(16-18-12-10-9-11-13-18)20(23)19-17-25-22(4,5)27-19/h9-13,19-20H,14-17H2,1-8H3/t19-,20+,23+/m1/s1. The van der Waals surface area contributed by atoms with Gasteiger partial charge in [0.15, 0.2) is 14.1 Å². The van der Waals surface area contributed by atoms with Crippen LogP contribution in [-0.4, -0.2) is 50.1 Å². The molecular formula is C23H39NO4Si. The number of benzene rings is 1. The average molecular weight is 422 g/mol. The van der Waals surface area contributed by atoms with E-state index in [1.54, 1.807) is 0 Å². The van der Waals surface area contributed by atoms with Gasteiger partial charge in [-0.2, -0.15) is 5.06 Å². The lowest BCUT2D eigenvalue weighted by atomic mass is 9.87. The summed E-state index contributed by atoms with van der Waals surface area (Å²) >= 11 is 0. The van der Waals surface area contributed by atoms with Crippen LogP contribution >= 0.6 is 0 Å². The van der Waals surface area contributed by atoms with Gasteiger partial charge in [-0.05, 0) is 44.5 Å². The molecule has 2 heterocycles. The fourth-order valence-electron chi connectivity index (χ4n) is 4.10. The zero-order chi connectivity index (χ0) is 21.5. The molecule has 164 valence electrons. The summed E-state index contributed by atoms with van der Waals surface area (Å²) in [6.07, 6.45) is 0.735. The molecule has 0 unspecified atom stereocenters. The van der Waals surface area contributed by atoms with Crippen molar-refractivity contribution in [1.82, 2.24) is 5.06 Å². The molecule has 0 amide bonds. The highest BCUT2D eigenvalue weighted by Crippen LogP contribution is 2.44. The first-order chi connectivity index (χ1) is 13.3. The Morgan fingerprint density at radius 3 is 2.34 bits per heavy atom. The Morgan fingerprint density at radius 1 is 1.14 bits per heavy atom. The predicted molar refractivity (Wildman–Crippen MR) is 118 cm³/mol. The largest absolute Gasteiger partial charge is 0.410 e. The van der Waals surface area contributed by atoms with Gasteiger partial charge in [-0.3, -0.25) is 4.84 Å². The highest BCUT2D eigenvalue weighted by atomic mass is 28.4. The van der Waals surface area contributed by atoms with Gasteiger partial charge in [0.1, 0.15) is 6.10 Å². The second-order valence-corrected chi connectivity index (χ2v) is 15.4. The fraction of sp³-hybridized carbons (Fsp3) is 0.739. The minimum atomic E-state index is -1.99. The highest BCUT2D eigenvalue weighted by molar-refractivity contribution is 6.74. The first-order valence-electron chi connectivity index (χ1n) is 10.8. The van der Waals surface area contributed by atoms with E-state index in [1.165, 1.54) is 5.56 Å². The first-order valence-corrected chi connectivity index (χ1v) is 13.7. The van der Waals surface area contributed by atoms with Crippen LogP contribution in [0.1, 0.15) is 53.5 Å². The molecular weight excluding hydrogens is 382 g/mol. The maximum Gasteiger partial charge on any atom is 0.192 e. The number of hydroxylamine groups is 2. The third kappa shape index (κ3) is 5.11. The molecule has 0 saturated carbocycles. The molecule has 2 saturated heterocycles. The summed E-state index contributed by atoms with van der Waals surface area (Å²) in [6, 6.07) is 10.4. The minimum Gasteiger partial charge on any atom is -0.410 e. The average Bonchev–Trinajstić information content (AvgIpc) is 2.93. The van der Waals surface area contributed by atoms with E-state index in [0.29, 0.717) is 19.8 Å². The maximum absolute atomic E-state index is 7.07. The molecule has 0 N–H and O–H groups in total. The van der Waals surface area contributed by atoms with E-state index in [4.69, 9.17) is 18.7 Å². The molecule has 2 aliphatic heterocycles. The second kappa shape index (κ2) is 8.06. The topological polar surface area (TPSA) is 40.2 Å². The van der Waals surface area contributed by atoms with Crippen LogP contribution in [0.5, 0.6) is 0 Å². The van der Waals surface area contributed by atoms with Crippen LogP contribution in [-0.2, 0) is 25.3 Å². The molecule has 0 radical (unpaired) electrons. The molecule has 29 heavy (non-hydrogen) atoms. The third-order valence-corrected chi connectivity index (χ3v) is 11.2. The van der Waals surface area contributed by atoms with E-state index in [0.717, 1.165) is 6.42 Å². The van der Waals surface area contributed by atoms with Crippen LogP contribution in [0.25, 0.3) is 0 Å². The van der Waals surface area contributed by atoms with E-state index in [1.807, 2.05) is 19.9 Å². The van der Waals surface area contributed by atoms with E-state index in [-0.39, 0.29) is 22.8 Å². The van der Waals surface area contributed by atoms with Crippen molar-refractivity contribution in [2.45, 2.75) is 96.2 Å². The molecule has 1 aromatic carbocycles. The Kier molecular flexibility index (Phi) is 6.37. The van der Waals surface area contributed by atoms with Crippen molar-refractivity contribution in [2.75, 3.05) is 13.2 Å². The van der Waals surface area contributed by atoms with Crippen molar-refractivity contribution in [2.24, 2.45) is 0 Å². The zero-order valence-electron chi connectivity index (χ0n) is 19.5. The first kappa shape index (κ1) is 22.9. The van der Waals surface area contributed by atoms with E-state index in [2.05, 4.69) is 70.1 Å². The number of nitrogens with zero attached hydrogens (tertiary/aromatic N) is 1. The van der Waals surface area contributed by atoms with Crippen molar-refractivity contribution in [3.63, 3.8) is 0 Å². The summed E-state index contributed by atoms with van der Waals surface area (Å²) in [5.41, 5.74) is 0.844. The van der Waals surface area contributed by atoms with Crippen LogP contribution in [0.3, 0.4) is 0 Å². The van der Waals surface area contributed by atoms with E-state index >= 15 is 0 Å². The third-order valence-electron chi connectivity index (χ3n) is 6.65. The van der Waals surface area contributed by atoms with Crippen LogP contribution in [0.4, 0.5) is 0 Å². The number of ether oxygens (including phenoxy) is 2. The normalized spacial score (nSPS) is 31.2. The number of hydrogen-bond acceptors (Lipinski definition) is 5. The van der Waals surface area contributed by atoms with Crippen molar-refractivity contribution in [1.29, 1.82) is 0 Å². The fourth-order valence-corrected chi connectivity index (χ4v) is 5.80. The Hall–Kier alpha value is -0.763. The highest BCUT2D eigenvalue weighted by Gasteiger charge is 2.55. The Bertz CT molecular complexity index is 688. The molecule has 0 spiro atoms. The summed E-state index contributed by atoms with van der Waals surface area (Å²) in [5, 5.41) is 2.22. The summed E-state index contributed by atoms with van der Waals surface area (Å²) in [6.45, 7) is 19.6. The quantitative estimate of drug-likeness (QED) is 0.617. The summed E-state index contributed by atoms with van der Waals surface area (Å²) in [7, 11) is -1.99. The Labute approximate surface area is 177 Å². The molecule has 1 aromatic rings. The van der Waals surface area contributed by atoms with Gasteiger partial charge < -0.3 is 13.9 Å². The van der Waals surface area contributed by atoms with Crippen molar-refractivity contribution in [3.8, 4) is 0 Å². The van der Waals surface area contributed by atoms with E-state index in [9.17, 15) is 0 Å². The lowest BCUT2D eigenvalue weighted by Gasteiger charge is -2.53. The van der Waals surface area contributed by atoms with Crippen LogP contribution in [0, 0.1) is 0 Å². The van der Waals surface area contributed by atoms with Gasteiger partial charge in [0.25, 0.3) is 0 Å². The SMILES string of the molecule is CC1(C)OC[C@H]([C@@H]2N(Cc3ccccc3)OCC[C@]2(C)O[Si](C)(C)C(C)(C)C)O1. The van der Waals surface area contributed by atoms with Gasteiger partial charge in [-0.25, -0.2) is 0 Å². The maximum atomic E-state index is 7.07. The van der Waals surface area contributed by atoms with Crippen molar-refractivity contribution < 1.29 is 18.7 Å². The van der Waals surface area contributed by atoms with Crippen molar-refractivity contribution >= 4 is 8.32 Å². The van der Waals surface area contributed by atoms with Gasteiger partial charge in [-0.1, -0.05) is 51.1 Å². The summed E-state index contributed by atoms with van der Waals surface area (Å²) < 4.78 is 19.4. The van der Waals surface area contributed by atoms with Crippen LogP contribution in [0.15, 0.2) is 30.3 Å². The molecule has 0 bridgehead atoms. The van der Waals surface area contributed by atoms with Crippen LogP contribution < -0.4 is 0 Å². The molecule has 5 nitrogen and oxygen atoms in total. The lowest BCUT2D eigenvalue weighted by molar-refractivity contribution is -0.289. The summed E-state index contributed by atoms with van der Waals surface area (Å²) in [5.74, 6) is -0.585. The molecule has 6 heteroatoms.